The summed E-state index contributed by atoms with van der Waals surface area (Å²) in [6.45, 7) is 0.305. The Hall–Kier alpha value is -1.26. The van der Waals surface area contributed by atoms with Gasteiger partial charge in [0.1, 0.15) is 4.90 Å². The van der Waals surface area contributed by atoms with E-state index in [4.69, 9.17) is 32.5 Å². The van der Waals surface area contributed by atoms with E-state index in [0.717, 1.165) is 0 Å². The molecule has 0 atom stereocenters. The average Bonchev–Trinajstić information content (AvgIpc) is 3.12. The minimum atomic E-state index is -3.89. The number of piperidine rings is 1. The van der Waals surface area contributed by atoms with E-state index in [-0.39, 0.29) is 46.8 Å². The molecular formula is C16H18Cl2FN3O4S. The van der Waals surface area contributed by atoms with Crippen LogP contribution in [0.2, 0.25) is 10.0 Å². The third kappa shape index (κ3) is 4.27. The number of hydrogen-bond donors (Lipinski definition) is 0. The maximum absolute atomic E-state index is 15.3. The Balaban J connectivity index is 1.74. The van der Waals surface area contributed by atoms with E-state index in [1.54, 1.807) is 7.11 Å². The Bertz CT molecular complexity index is 914. The van der Waals surface area contributed by atoms with Gasteiger partial charge in [-0.25, -0.2) is 12.8 Å². The highest BCUT2D eigenvalue weighted by Crippen LogP contribution is 2.38. The quantitative estimate of drug-likeness (QED) is 0.689. The van der Waals surface area contributed by atoms with Gasteiger partial charge in [0.05, 0.1) is 11.6 Å². The zero-order valence-corrected chi connectivity index (χ0v) is 16.8. The molecule has 0 radical (unpaired) electrons. The third-order valence-corrected chi connectivity index (χ3v) is 7.02. The number of halogens is 3. The van der Waals surface area contributed by atoms with Crippen LogP contribution in [0.4, 0.5) is 4.39 Å². The lowest BCUT2D eigenvalue weighted by atomic mass is 9.94. The molecule has 0 unspecified atom stereocenters. The lowest BCUT2D eigenvalue weighted by Crippen LogP contribution is -2.43. The Morgan fingerprint density at radius 1 is 1.33 bits per heavy atom. The molecule has 0 aliphatic carbocycles. The summed E-state index contributed by atoms with van der Waals surface area (Å²) in [7, 11) is -2.35. The zero-order chi connectivity index (χ0) is 19.7. The van der Waals surface area contributed by atoms with E-state index in [1.165, 1.54) is 22.5 Å². The monoisotopic (exact) mass is 437 g/mol. The summed E-state index contributed by atoms with van der Waals surface area (Å²) < 4.78 is 52.1. The van der Waals surface area contributed by atoms with Crippen LogP contribution in [-0.4, -0.2) is 49.7 Å². The first-order chi connectivity index (χ1) is 12.8. The highest BCUT2D eigenvalue weighted by Gasteiger charge is 2.44. The van der Waals surface area contributed by atoms with Crippen LogP contribution in [-0.2, 0) is 26.8 Å². The van der Waals surface area contributed by atoms with Gasteiger partial charge in [-0.3, -0.25) is 0 Å². The summed E-state index contributed by atoms with van der Waals surface area (Å²) in [5.74, 6) is 0.219. The molecule has 0 N–H and O–H groups in total. The van der Waals surface area contributed by atoms with Gasteiger partial charge in [0.15, 0.2) is 11.5 Å². The molecule has 0 saturated carbocycles. The van der Waals surface area contributed by atoms with E-state index in [1.807, 2.05) is 0 Å². The lowest BCUT2D eigenvalue weighted by Gasteiger charge is -2.33. The molecule has 0 spiro atoms. The molecular weight excluding hydrogens is 420 g/mol. The van der Waals surface area contributed by atoms with Gasteiger partial charge in [-0.05, 0) is 18.2 Å². The molecule has 11 heteroatoms. The van der Waals surface area contributed by atoms with Crippen LogP contribution < -0.4 is 0 Å². The summed E-state index contributed by atoms with van der Waals surface area (Å²) in [6.07, 6.45) is 0.205. The minimum absolute atomic E-state index is 0.0442. The molecule has 1 aliphatic rings. The summed E-state index contributed by atoms with van der Waals surface area (Å²) in [6, 6.07) is 4.21. The smallest absolute Gasteiger partial charge is 0.264 e. The van der Waals surface area contributed by atoms with Gasteiger partial charge in [0.25, 0.3) is 5.89 Å². The molecule has 1 saturated heterocycles. The van der Waals surface area contributed by atoms with Gasteiger partial charge < -0.3 is 9.26 Å². The van der Waals surface area contributed by atoms with Crippen molar-refractivity contribution >= 4 is 33.2 Å². The second kappa shape index (κ2) is 8.00. The Morgan fingerprint density at radius 3 is 2.70 bits per heavy atom. The number of benzene rings is 1. The maximum Gasteiger partial charge on any atom is 0.264 e. The Morgan fingerprint density at radius 2 is 2.04 bits per heavy atom. The summed E-state index contributed by atoms with van der Waals surface area (Å²) in [4.78, 5) is 3.98. The SMILES string of the molecule is COCCc1noc(C2(F)CCN(S(=O)(=O)c3cc(Cl)ccc3Cl)CC2)n1. The molecule has 2 aromatic rings. The van der Waals surface area contributed by atoms with Crippen molar-refractivity contribution in [3.8, 4) is 0 Å². The van der Waals surface area contributed by atoms with Crippen LogP contribution in [0.3, 0.4) is 0 Å². The van der Waals surface area contributed by atoms with Crippen molar-refractivity contribution in [3.05, 3.63) is 40.0 Å². The number of sulfonamides is 1. The Labute approximate surface area is 166 Å². The number of methoxy groups -OCH3 is 1. The topological polar surface area (TPSA) is 85.5 Å². The molecule has 0 amide bonds. The van der Waals surface area contributed by atoms with Crippen LogP contribution in [0.5, 0.6) is 0 Å². The highest BCUT2D eigenvalue weighted by atomic mass is 35.5. The molecule has 0 bridgehead atoms. The van der Waals surface area contributed by atoms with E-state index in [2.05, 4.69) is 10.1 Å². The van der Waals surface area contributed by atoms with Gasteiger partial charge >= 0.3 is 0 Å². The van der Waals surface area contributed by atoms with Crippen molar-refractivity contribution in [1.29, 1.82) is 0 Å². The van der Waals surface area contributed by atoms with Crippen molar-refractivity contribution in [2.75, 3.05) is 26.8 Å². The summed E-state index contributed by atoms with van der Waals surface area (Å²) in [5, 5.41) is 4.06. The lowest BCUT2D eigenvalue weighted by molar-refractivity contribution is 0.0511. The molecule has 1 aromatic carbocycles. The summed E-state index contributed by atoms with van der Waals surface area (Å²) in [5.41, 5.74) is -1.87. The third-order valence-electron chi connectivity index (χ3n) is 4.41. The standard InChI is InChI=1S/C16H18Cl2FN3O4S/c1-25-9-4-14-20-15(26-21-14)16(19)5-7-22(8-6-16)27(23,24)13-10-11(17)2-3-12(13)18/h2-3,10H,4-9H2,1H3. The molecule has 1 aliphatic heterocycles. The normalized spacial score (nSPS) is 17.9. The van der Waals surface area contributed by atoms with Crippen LogP contribution in [0.15, 0.2) is 27.6 Å². The minimum Gasteiger partial charge on any atom is -0.384 e. The second-order valence-electron chi connectivity index (χ2n) is 6.20. The second-order valence-corrected chi connectivity index (χ2v) is 8.95. The largest absolute Gasteiger partial charge is 0.384 e. The maximum atomic E-state index is 15.3. The van der Waals surface area contributed by atoms with Crippen LogP contribution in [0.25, 0.3) is 0 Å². The fraction of sp³-hybridized carbons (Fsp3) is 0.500. The van der Waals surface area contributed by atoms with E-state index >= 15 is 4.39 Å². The van der Waals surface area contributed by atoms with Crippen molar-refractivity contribution in [2.45, 2.75) is 29.8 Å². The molecule has 148 valence electrons. The summed E-state index contributed by atoms with van der Waals surface area (Å²) >= 11 is 11.9. The highest BCUT2D eigenvalue weighted by molar-refractivity contribution is 7.89. The molecule has 1 aromatic heterocycles. The number of hydrogen-bond acceptors (Lipinski definition) is 6. The van der Waals surface area contributed by atoms with Crippen molar-refractivity contribution in [2.24, 2.45) is 0 Å². The van der Waals surface area contributed by atoms with Crippen molar-refractivity contribution in [3.63, 3.8) is 0 Å². The van der Waals surface area contributed by atoms with Crippen LogP contribution in [0.1, 0.15) is 24.6 Å². The molecule has 2 heterocycles. The first kappa shape index (κ1) is 20.5. The van der Waals surface area contributed by atoms with Crippen LogP contribution >= 0.6 is 23.2 Å². The van der Waals surface area contributed by atoms with Crippen LogP contribution in [0, 0.1) is 0 Å². The molecule has 7 nitrogen and oxygen atoms in total. The number of rotatable bonds is 6. The first-order valence-corrected chi connectivity index (χ1v) is 10.4. The van der Waals surface area contributed by atoms with E-state index in [0.29, 0.717) is 18.9 Å². The van der Waals surface area contributed by atoms with Gasteiger partial charge in [-0.2, -0.15) is 9.29 Å². The number of nitrogens with zero attached hydrogens (tertiary/aromatic N) is 3. The number of ether oxygens (including phenoxy) is 1. The molecule has 3 rings (SSSR count). The molecule has 1 fully saturated rings. The Kier molecular flexibility index (Phi) is 6.07. The van der Waals surface area contributed by atoms with Gasteiger partial charge in [-0.15, -0.1) is 0 Å². The van der Waals surface area contributed by atoms with Gasteiger partial charge in [0, 0.05) is 44.5 Å². The number of aromatic nitrogens is 2. The predicted octanol–water partition coefficient (Wildman–Crippen LogP) is 3.21. The van der Waals surface area contributed by atoms with Crippen molar-refractivity contribution in [1.82, 2.24) is 14.4 Å². The zero-order valence-electron chi connectivity index (χ0n) is 14.5. The predicted molar refractivity (Wildman–Crippen MR) is 97.1 cm³/mol. The fourth-order valence-electron chi connectivity index (χ4n) is 2.84. The fourth-order valence-corrected chi connectivity index (χ4v) is 5.02. The molecule has 27 heavy (non-hydrogen) atoms. The van der Waals surface area contributed by atoms with Gasteiger partial charge in [-0.1, -0.05) is 28.4 Å². The van der Waals surface area contributed by atoms with E-state index in [9.17, 15) is 8.42 Å². The van der Waals surface area contributed by atoms with E-state index < -0.39 is 15.7 Å². The number of alkyl halides is 1. The van der Waals surface area contributed by atoms with Gasteiger partial charge in [0.2, 0.25) is 10.0 Å². The average molecular weight is 438 g/mol. The van der Waals surface area contributed by atoms with Crippen molar-refractivity contribution < 1.29 is 22.1 Å². The first-order valence-electron chi connectivity index (χ1n) is 8.22.